The average Bonchev–Trinajstić information content (AvgIpc) is 2.31. The number of aromatic nitrogens is 1. The van der Waals surface area contributed by atoms with Gasteiger partial charge in [-0.3, -0.25) is 4.98 Å². The molecule has 15 heavy (non-hydrogen) atoms. The van der Waals surface area contributed by atoms with Crippen LogP contribution in [0.5, 0.6) is 0 Å². The minimum absolute atomic E-state index is 0.518. The van der Waals surface area contributed by atoms with Gasteiger partial charge in [0.25, 0.3) is 0 Å². The first-order valence-electron chi connectivity index (χ1n) is 5.80. The van der Waals surface area contributed by atoms with E-state index in [9.17, 15) is 0 Å². The predicted molar refractivity (Wildman–Crippen MR) is 62.6 cm³/mol. The number of hydrogen-bond donors (Lipinski definition) is 2. The molecule has 1 aromatic rings. The molecule has 3 N–H and O–H groups in total. The van der Waals surface area contributed by atoms with Crippen LogP contribution in [0.2, 0.25) is 0 Å². The molecule has 1 saturated carbocycles. The summed E-state index contributed by atoms with van der Waals surface area (Å²) in [6, 6.07) is 4.71. The lowest BCUT2D eigenvalue weighted by Crippen LogP contribution is -2.22. The van der Waals surface area contributed by atoms with Gasteiger partial charge in [-0.2, -0.15) is 0 Å². The van der Waals surface area contributed by atoms with E-state index < -0.39 is 0 Å². The van der Waals surface area contributed by atoms with Gasteiger partial charge < -0.3 is 11.1 Å². The molecule has 0 saturated heterocycles. The number of pyridine rings is 1. The maximum Gasteiger partial charge on any atom is 0.0541 e. The maximum atomic E-state index is 5.50. The third-order valence-electron chi connectivity index (χ3n) is 3.01. The van der Waals surface area contributed by atoms with Gasteiger partial charge in [-0.25, -0.2) is 0 Å². The molecule has 1 aliphatic carbocycles. The molecule has 0 aliphatic heterocycles. The topological polar surface area (TPSA) is 50.9 Å². The highest BCUT2D eigenvalue weighted by atomic mass is 14.9. The van der Waals surface area contributed by atoms with Crippen molar-refractivity contribution in [2.45, 2.75) is 44.7 Å². The molecule has 3 nitrogen and oxygen atoms in total. The lowest BCUT2D eigenvalue weighted by molar-refractivity contribution is 0.462. The van der Waals surface area contributed by atoms with E-state index in [1.165, 1.54) is 32.1 Å². The highest BCUT2D eigenvalue weighted by molar-refractivity contribution is 5.42. The van der Waals surface area contributed by atoms with Gasteiger partial charge in [-0.15, -0.1) is 0 Å². The van der Waals surface area contributed by atoms with Crippen molar-refractivity contribution in [3.8, 4) is 0 Å². The van der Waals surface area contributed by atoms with Crippen molar-refractivity contribution in [3.05, 3.63) is 24.0 Å². The van der Waals surface area contributed by atoms with E-state index in [0.717, 1.165) is 11.4 Å². The fraction of sp³-hybridized carbons (Fsp3) is 0.583. The summed E-state index contributed by atoms with van der Waals surface area (Å²) in [6.45, 7) is 0.518. The Kier molecular flexibility index (Phi) is 3.56. The Morgan fingerprint density at radius 2 is 2.07 bits per heavy atom. The molecular weight excluding hydrogens is 186 g/mol. The van der Waals surface area contributed by atoms with E-state index in [1.807, 2.05) is 12.3 Å². The van der Waals surface area contributed by atoms with Gasteiger partial charge in [0.2, 0.25) is 0 Å². The normalized spacial score (nSPS) is 17.7. The molecule has 1 aromatic heterocycles. The van der Waals surface area contributed by atoms with Crippen LogP contribution in [-0.2, 0) is 6.54 Å². The van der Waals surface area contributed by atoms with Gasteiger partial charge in [0, 0.05) is 12.6 Å². The van der Waals surface area contributed by atoms with Crippen molar-refractivity contribution in [1.29, 1.82) is 0 Å². The van der Waals surface area contributed by atoms with Crippen molar-refractivity contribution in [2.24, 2.45) is 5.73 Å². The van der Waals surface area contributed by atoms with Gasteiger partial charge in [-0.1, -0.05) is 19.3 Å². The van der Waals surface area contributed by atoms with E-state index in [-0.39, 0.29) is 0 Å². The minimum Gasteiger partial charge on any atom is -0.381 e. The van der Waals surface area contributed by atoms with Gasteiger partial charge in [-0.05, 0) is 25.0 Å². The second kappa shape index (κ2) is 5.12. The van der Waals surface area contributed by atoms with Gasteiger partial charge >= 0.3 is 0 Å². The van der Waals surface area contributed by atoms with Crippen LogP contribution in [0, 0.1) is 0 Å². The van der Waals surface area contributed by atoms with Crippen LogP contribution in [0.1, 0.15) is 37.8 Å². The first-order valence-corrected chi connectivity index (χ1v) is 5.80. The molecule has 0 atom stereocenters. The second-order valence-electron chi connectivity index (χ2n) is 4.22. The molecular formula is C12H19N3. The second-order valence-corrected chi connectivity index (χ2v) is 4.22. The van der Waals surface area contributed by atoms with Crippen LogP contribution in [0.15, 0.2) is 18.3 Å². The van der Waals surface area contributed by atoms with E-state index >= 15 is 0 Å². The molecule has 1 aliphatic rings. The van der Waals surface area contributed by atoms with Crippen LogP contribution < -0.4 is 11.1 Å². The standard InChI is InChI=1S/C12H19N3/c13-8-11-6-7-12(9-14-11)15-10-4-2-1-3-5-10/h6-7,9-10,15H,1-5,8,13H2. The van der Waals surface area contributed by atoms with Crippen LogP contribution >= 0.6 is 0 Å². The number of nitrogens with two attached hydrogens (primary N) is 1. The Morgan fingerprint density at radius 1 is 1.27 bits per heavy atom. The maximum absolute atomic E-state index is 5.50. The first kappa shape index (κ1) is 10.4. The van der Waals surface area contributed by atoms with Gasteiger partial charge in [0.1, 0.15) is 0 Å². The number of anilines is 1. The van der Waals surface area contributed by atoms with E-state index in [2.05, 4.69) is 16.4 Å². The number of rotatable bonds is 3. The molecule has 0 unspecified atom stereocenters. The molecule has 1 fully saturated rings. The van der Waals surface area contributed by atoms with Crippen LogP contribution in [0.4, 0.5) is 5.69 Å². The van der Waals surface area contributed by atoms with E-state index in [4.69, 9.17) is 5.73 Å². The summed E-state index contributed by atoms with van der Waals surface area (Å²) < 4.78 is 0. The molecule has 2 rings (SSSR count). The summed E-state index contributed by atoms with van der Waals surface area (Å²) in [4.78, 5) is 4.28. The number of nitrogens with zero attached hydrogens (tertiary/aromatic N) is 1. The zero-order valence-corrected chi connectivity index (χ0v) is 9.08. The third-order valence-corrected chi connectivity index (χ3v) is 3.01. The Morgan fingerprint density at radius 3 is 2.67 bits per heavy atom. The summed E-state index contributed by atoms with van der Waals surface area (Å²) in [6.07, 6.45) is 8.56. The highest BCUT2D eigenvalue weighted by Crippen LogP contribution is 2.21. The van der Waals surface area contributed by atoms with Crippen LogP contribution in [-0.4, -0.2) is 11.0 Å². The molecule has 0 aromatic carbocycles. The molecule has 3 heteroatoms. The average molecular weight is 205 g/mol. The monoisotopic (exact) mass is 205 g/mol. The predicted octanol–water partition coefficient (Wildman–Crippen LogP) is 2.28. The number of hydrogen-bond acceptors (Lipinski definition) is 3. The molecule has 0 radical (unpaired) electrons. The number of nitrogens with one attached hydrogen (secondary N) is 1. The van der Waals surface area contributed by atoms with Crippen molar-refractivity contribution in [3.63, 3.8) is 0 Å². The Labute approximate surface area is 91.1 Å². The lowest BCUT2D eigenvalue weighted by Gasteiger charge is -2.23. The zero-order chi connectivity index (χ0) is 10.5. The molecule has 0 amide bonds. The Balaban J connectivity index is 1.91. The summed E-state index contributed by atoms with van der Waals surface area (Å²) >= 11 is 0. The first-order chi connectivity index (χ1) is 7.38. The van der Waals surface area contributed by atoms with Crippen LogP contribution in [0.25, 0.3) is 0 Å². The summed E-state index contributed by atoms with van der Waals surface area (Å²) in [5.74, 6) is 0. The molecule has 0 bridgehead atoms. The molecule has 0 spiro atoms. The van der Waals surface area contributed by atoms with E-state index in [0.29, 0.717) is 12.6 Å². The fourth-order valence-corrected chi connectivity index (χ4v) is 2.11. The largest absolute Gasteiger partial charge is 0.381 e. The fourth-order valence-electron chi connectivity index (χ4n) is 2.11. The quantitative estimate of drug-likeness (QED) is 0.796. The van der Waals surface area contributed by atoms with Crippen LogP contribution in [0.3, 0.4) is 0 Å². The van der Waals surface area contributed by atoms with E-state index in [1.54, 1.807) is 0 Å². The zero-order valence-electron chi connectivity index (χ0n) is 9.08. The summed E-state index contributed by atoms with van der Waals surface area (Å²) in [5.41, 5.74) is 7.57. The van der Waals surface area contributed by atoms with Gasteiger partial charge in [0.15, 0.2) is 0 Å². The van der Waals surface area contributed by atoms with Crippen molar-refractivity contribution >= 4 is 5.69 Å². The Hall–Kier alpha value is -1.09. The minimum atomic E-state index is 0.518. The molecule has 82 valence electrons. The van der Waals surface area contributed by atoms with Crippen molar-refractivity contribution in [1.82, 2.24) is 4.98 Å². The third kappa shape index (κ3) is 2.93. The smallest absolute Gasteiger partial charge is 0.0541 e. The lowest BCUT2D eigenvalue weighted by atomic mass is 9.95. The highest BCUT2D eigenvalue weighted by Gasteiger charge is 2.12. The summed E-state index contributed by atoms with van der Waals surface area (Å²) in [7, 11) is 0. The Bertz CT molecular complexity index is 288. The van der Waals surface area contributed by atoms with Crippen molar-refractivity contribution in [2.75, 3.05) is 5.32 Å². The summed E-state index contributed by atoms with van der Waals surface area (Å²) in [5, 5.41) is 3.53. The molecule has 1 heterocycles. The van der Waals surface area contributed by atoms with Crippen molar-refractivity contribution < 1.29 is 0 Å². The van der Waals surface area contributed by atoms with Gasteiger partial charge in [0.05, 0.1) is 17.6 Å². The SMILES string of the molecule is NCc1ccc(NC2CCCCC2)cn1.